The molecule has 1 aromatic rings. The summed E-state index contributed by atoms with van der Waals surface area (Å²) in [5.74, 6) is 0. The van der Waals surface area contributed by atoms with Gasteiger partial charge in [-0.05, 0) is 31.3 Å². The number of rotatable bonds is 5. The number of nitrogens with zero attached hydrogens (tertiary/aromatic N) is 1. The second-order valence-electron chi connectivity index (χ2n) is 4.22. The molecule has 2 rings (SSSR count). The first-order valence-electron chi connectivity index (χ1n) is 5.77. The molecule has 0 saturated heterocycles. The zero-order chi connectivity index (χ0) is 12.3. The number of hydrogen-bond donors (Lipinski definition) is 3. The SMILES string of the molecule is O=c1[nH]cnc2c1CC=C2CCC[C@@H](O)CO. The lowest BCUT2D eigenvalue weighted by Crippen LogP contribution is -2.13. The molecule has 0 bridgehead atoms. The molecule has 1 aliphatic rings. The Balaban J connectivity index is 1.98. The van der Waals surface area contributed by atoms with E-state index in [1.807, 2.05) is 6.08 Å². The summed E-state index contributed by atoms with van der Waals surface area (Å²) in [6, 6.07) is 0. The molecule has 0 fully saturated rings. The van der Waals surface area contributed by atoms with Crippen molar-refractivity contribution in [2.24, 2.45) is 0 Å². The van der Waals surface area contributed by atoms with Crippen molar-refractivity contribution in [3.8, 4) is 0 Å². The number of nitrogens with one attached hydrogen (secondary N) is 1. The molecule has 0 amide bonds. The highest BCUT2D eigenvalue weighted by Gasteiger charge is 2.18. The molecule has 17 heavy (non-hydrogen) atoms. The van der Waals surface area contributed by atoms with E-state index in [1.54, 1.807) is 0 Å². The third-order valence-electron chi connectivity index (χ3n) is 3.00. The molecule has 0 radical (unpaired) electrons. The van der Waals surface area contributed by atoms with Crippen LogP contribution in [0.15, 0.2) is 17.2 Å². The van der Waals surface area contributed by atoms with Crippen molar-refractivity contribution >= 4 is 5.57 Å². The second-order valence-corrected chi connectivity index (χ2v) is 4.22. The molecule has 92 valence electrons. The molecule has 5 heteroatoms. The Morgan fingerprint density at radius 3 is 3.12 bits per heavy atom. The minimum atomic E-state index is -0.649. The third kappa shape index (κ3) is 2.62. The molecule has 0 saturated carbocycles. The minimum absolute atomic E-state index is 0.0726. The fourth-order valence-electron chi connectivity index (χ4n) is 2.06. The lowest BCUT2D eigenvalue weighted by atomic mass is 10.1. The van der Waals surface area contributed by atoms with Gasteiger partial charge in [0.2, 0.25) is 0 Å². The standard InChI is InChI=1S/C12H16N2O3/c15-6-9(16)3-1-2-8-4-5-10-11(8)13-7-14-12(10)17/h4,7,9,15-16H,1-3,5-6H2,(H,13,14,17)/t9-/m1/s1. The molecule has 5 nitrogen and oxygen atoms in total. The molecule has 1 atom stereocenters. The van der Waals surface area contributed by atoms with E-state index >= 15 is 0 Å². The maximum Gasteiger partial charge on any atom is 0.254 e. The van der Waals surface area contributed by atoms with Crippen LogP contribution in [0.3, 0.4) is 0 Å². The molecule has 0 aliphatic heterocycles. The highest BCUT2D eigenvalue weighted by atomic mass is 16.3. The molecule has 1 aromatic heterocycles. The molecule has 3 N–H and O–H groups in total. The van der Waals surface area contributed by atoms with Gasteiger partial charge in [-0.15, -0.1) is 0 Å². The average molecular weight is 236 g/mol. The summed E-state index contributed by atoms with van der Waals surface area (Å²) >= 11 is 0. The summed E-state index contributed by atoms with van der Waals surface area (Å²) in [5, 5.41) is 17.9. The van der Waals surface area contributed by atoms with E-state index in [-0.39, 0.29) is 12.2 Å². The van der Waals surface area contributed by atoms with E-state index in [9.17, 15) is 9.90 Å². The van der Waals surface area contributed by atoms with Crippen molar-refractivity contribution in [2.75, 3.05) is 6.61 Å². The van der Waals surface area contributed by atoms with Crippen LogP contribution in [-0.2, 0) is 6.42 Å². The van der Waals surface area contributed by atoms with Gasteiger partial charge in [-0.3, -0.25) is 4.79 Å². The Kier molecular flexibility index (Phi) is 3.71. The lowest BCUT2D eigenvalue weighted by Gasteiger charge is -2.07. The molecular weight excluding hydrogens is 220 g/mol. The van der Waals surface area contributed by atoms with Crippen molar-refractivity contribution in [3.63, 3.8) is 0 Å². The molecule has 0 unspecified atom stereocenters. The number of fused-ring (bicyclic) bond motifs is 1. The number of aromatic nitrogens is 2. The first-order valence-corrected chi connectivity index (χ1v) is 5.77. The number of aromatic amines is 1. The first kappa shape index (κ1) is 12.0. The van der Waals surface area contributed by atoms with Gasteiger partial charge in [0, 0.05) is 5.56 Å². The quantitative estimate of drug-likeness (QED) is 0.683. The average Bonchev–Trinajstić information content (AvgIpc) is 2.74. The van der Waals surface area contributed by atoms with Crippen molar-refractivity contribution in [1.82, 2.24) is 9.97 Å². The van der Waals surface area contributed by atoms with Crippen LogP contribution in [0, 0.1) is 0 Å². The Labute approximate surface area is 98.8 Å². The molecule has 1 aliphatic carbocycles. The van der Waals surface area contributed by atoms with Crippen molar-refractivity contribution in [1.29, 1.82) is 0 Å². The van der Waals surface area contributed by atoms with Gasteiger partial charge in [-0.25, -0.2) is 4.98 Å². The van der Waals surface area contributed by atoms with Crippen LogP contribution < -0.4 is 5.56 Å². The zero-order valence-electron chi connectivity index (χ0n) is 9.52. The zero-order valence-corrected chi connectivity index (χ0v) is 9.52. The van der Waals surface area contributed by atoms with Crippen LogP contribution in [0.2, 0.25) is 0 Å². The van der Waals surface area contributed by atoms with Crippen molar-refractivity contribution in [3.05, 3.63) is 34.0 Å². The van der Waals surface area contributed by atoms with Gasteiger partial charge < -0.3 is 15.2 Å². The summed E-state index contributed by atoms with van der Waals surface area (Å²) in [5.41, 5.74) is 2.50. The summed E-state index contributed by atoms with van der Waals surface area (Å²) in [4.78, 5) is 18.2. The topological polar surface area (TPSA) is 86.2 Å². The smallest absolute Gasteiger partial charge is 0.254 e. The van der Waals surface area contributed by atoms with E-state index in [2.05, 4.69) is 9.97 Å². The van der Waals surface area contributed by atoms with Gasteiger partial charge in [0.1, 0.15) is 0 Å². The molecule has 0 aromatic carbocycles. The van der Waals surface area contributed by atoms with Crippen LogP contribution in [0.1, 0.15) is 30.5 Å². The van der Waals surface area contributed by atoms with Crippen LogP contribution in [0.25, 0.3) is 5.57 Å². The highest BCUT2D eigenvalue weighted by Crippen LogP contribution is 2.26. The predicted molar refractivity (Wildman–Crippen MR) is 63.5 cm³/mol. The minimum Gasteiger partial charge on any atom is -0.394 e. The van der Waals surface area contributed by atoms with E-state index in [1.165, 1.54) is 6.33 Å². The summed E-state index contributed by atoms with van der Waals surface area (Å²) < 4.78 is 0. The normalized spacial score (nSPS) is 15.5. The maximum absolute atomic E-state index is 11.5. The Morgan fingerprint density at radius 1 is 1.53 bits per heavy atom. The van der Waals surface area contributed by atoms with Crippen LogP contribution in [0.4, 0.5) is 0 Å². The highest BCUT2D eigenvalue weighted by molar-refractivity contribution is 5.69. The summed E-state index contributed by atoms with van der Waals surface area (Å²) in [7, 11) is 0. The summed E-state index contributed by atoms with van der Waals surface area (Å²) in [6.45, 7) is -0.201. The number of hydrogen-bond acceptors (Lipinski definition) is 4. The van der Waals surface area contributed by atoms with Gasteiger partial charge in [0.05, 0.1) is 24.7 Å². The van der Waals surface area contributed by atoms with Crippen molar-refractivity contribution in [2.45, 2.75) is 31.8 Å². The summed E-state index contributed by atoms with van der Waals surface area (Å²) in [6.07, 6.45) is 5.54. The van der Waals surface area contributed by atoms with Gasteiger partial charge in [-0.1, -0.05) is 6.08 Å². The largest absolute Gasteiger partial charge is 0.394 e. The van der Waals surface area contributed by atoms with Gasteiger partial charge in [-0.2, -0.15) is 0 Å². The van der Waals surface area contributed by atoms with Gasteiger partial charge >= 0.3 is 0 Å². The van der Waals surface area contributed by atoms with Crippen LogP contribution in [0.5, 0.6) is 0 Å². The first-order chi connectivity index (χ1) is 8.22. The lowest BCUT2D eigenvalue weighted by molar-refractivity contribution is 0.0870. The molecule has 1 heterocycles. The van der Waals surface area contributed by atoms with E-state index in [0.717, 1.165) is 29.7 Å². The Morgan fingerprint density at radius 2 is 2.35 bits per heavy atom. The van der Waals surface area contributed by atoms with E-state index < -0.39 is 6.10 Å². The number of aliphatic hydroxyl groups excluding tert-OH is 2. The van der Waals surface area contributed by atoms with E-state index in [4.69, 9.17) is 5.11 Å². The van der Waals surface area contributed by atoms with Crippen LogP contribution in [-0.4, -0.2) is 32.9 Å². The van der Waals surface area contributed by atoms with Crippen molar-refractivity contribution < 1.29 is 10.2 Å². The number of aliphatic hydroxyl groups is 2. The van der Waals surface area contributed by atoms with Gasteiger partial charge in [0.15, 0.2) is 0 Å². The Bertz CT molecular complexity index is 479. The number of allylic oxidation sites excluding steroid dienone is 2. The Hall–Kier alpha value is -1.46. The van der Waals surface area contributed by atoms with Crippen LogP contribution >= 0.6 is 0 Å². The maximum atomic E-state index is 11.5. The molecule has 0 spiro atoms. The fourth-order valence-corrected chi connectivity index (χ4v) is 2.06. The fraction of sp³-hybridized carbons (Fsp3) is 0.500. The molecular formula is C12H16N2O3. The van der Waals surface area contributed by atoms with Gasteiger partial charge in [0.25, 0.3) is 5.56 Å². The third-order valence-corrected chi connectivity index (χ3v) is 3.00. The second kappa shape index (κ2) is 5.25. The monoisotopic (exact) mass is 236 g/mol. The van der Waals surface area contributed by atoms with E-state index in [0.29, 0.717) is 12.8 Å². The predicted octanol–water partition coefficient (Wildman–Crippen LogP) is 0.233. The number of H-pyrrole nitrogens is 1.